The van der Waals surface area contributed by atoms with Crippen molar-refractivity contribution in [3.05, 3.63) is 65.2 Å². The summed E-state index contributed by atoms with van der Waals surface area (Å²) in [7, 11) is 1.64. The van der Waals surface area contributed by atoms with E-state index in [2.05, 4.69) is 5.32 Å². The number of aliphatic hydroxyl groups excluding tert-OH is 1. The molecule has 1 saturated heterocycles. The Labute approximate surface area is 200 Å². The van der Waals surface area contributed by atoms with Crippen LogP contribution in [0, 0.1) is 6.92 Å². The molecule has 7 heteroatoms. The van der Waals surface area contributed by atoms with Crippen molar-refractivity contribution in [2.24, 2.45) is 0 Å². The first kappa shape index (κ1) is 25.3. The zero-order valence-corrected chi connectivity index (χ0v) is 20.7. The van der Waals surface area contributed by atoms with Gasteiger partial charge in [-0.3, -0.25) is 9.59 Å². The van der Waals surface area contributed by atoms with Gasteiger partial charge in [0.25, 0.3) is 0 Å². The zero-order valence-electron chi connectivity index (χ0n) is 19.8. The smallest absolute Gasteiger partial charge is 0.239 e. The number of nitrogens with one attached hydrogen (secondary N) is 1. The molecule has 0 bridgehead atoms. The van der Waals surface area contributed by atoms with Crippen LogP contribution in [0.4, 0.5) is 0 Å². The standard InChI is InChI=1S/C26H34N2O4S/c1-18(2)28-23(30)16-26(25(31)27-14-5-15-32-4,33-22-12-6-19(3)7-13-22)24(28)21-10-8-20(17-29)9-11-21/h6-13,18,24,29H,5,14-17H2,1-4H3,(H,27,31)/t24-,26-/m1/s1. The number of aliphatic hydroxyl groups is 1. The molecule has 2 N–H and O–H groups in total. The van der Waals surface area contributed by atoms with E-state index >= 15 is 0 Å². The lowest BCUT2D eigenvalue weighted by Crippen LogP contribution is -2.49. The van der Waals surface area contributed by atoms with Crippen molar-refractivity contribution in [2.45, 2.75) is 61.9 Å². The number of thioether (sulfide) groups is 1. The van der Waals surface area contributed by atoms with Gasteiger partial charge >= 0.3 is 0 Å². The molecule has 2 aromatic rings. The largest absolute Gasteiger partial charge is 0.392 e. The van der Waals surface area contributed by atoms with E-state index in [-0.39, 0.29) is 30.9 Å². The number of aryl methyl sites for hydroxylation is 1. The van der Waals surface area contributed by atoms with Crippen LogP contribution in [0.2, 0.25) is 0 Å². The quantitative estimate of drug-likeness (QED) is 0.516. The van der Waals surface area contributed by atoms with Gasteiger partial charge in [0.05, 0.1) is 19.1 Å². The number of likely N-dealkylation sites (tertiary alicyclic amines) is 1. The van der Waals surface area contributed by atoms with Gasteiger partial charge in [-0.1, -0.05) is 42.0 Å². The molecule has 0 aromatic heterocycles. The molecule has 0 aliphatic carbocycles. The van der Waals surface area contributed by atoms with Gasteiger partial charge in [0, 0.05) is 31.2 Å². The van der Waals surface area contributed by atoms with Crippen molar-refractivity contribution < 1.29 is 19.4 Å². The number of benzene rings is 2. The Morgan fingerprint density at radius 1 is 1.21 bits per heavy atom. The van der Waals surface area contributed by atoms with Gasteiger partial charge in [0.2, 0.25) is 11.8 Å². The molecule has 0 unspecified atom stereocenters. The van der Waals surface area contributed by atoms with Crippen LogP contribution >= 0.6 is 11.8 Å². The summed E-state index contributed by atoms with van der Waals surface area (Å²) >= 11 is 1.46. The van der Waals surface area contributed by atoms with Crippen molar-refractivity contribution >= 4 is 23.6 Å². The molecule has 0 radical (unpaired) electrons. The molecule has 2 amide bonds. The second kappa shape index (κ2) is 11.2. The lowest BCUT2D eigenvalue weighted by molar-refractivity contribution is -0.130. The molecule has 1 fully saturated rings. The second-order valence-electron chi connectivity index (χ2n) is 8.78. The minimum absolute atomic E-state index is 0.0344. The van der Waals surface area contributed by atoms with Crippen LogP contribution in [0.15, 0.2) is 53.4 Å². The number of nitrogens with zero attached hydrogens (tertiary/aromatic N) is 1. The number of carbonyl (C=O) groups excluding carboxylic acids is 2. The van der Waals surface area contributed by atoms with E-state index in [1.54, 1.807) is 7.11 Å². The maximum absolute atomic E-state index is 13.8. The molecule has 1 aliphatic heterocycles. The molecular formula is C26H34N2O4S. The van der Waals surface area contributed by atoms with Crippen LogP contribution in [-0.4, -0.2) is 52.9 Å². The van der Waals surface area contributed by atoms with Gasteiger partial charge in [0.1, 0.15) is 4.75 Å². The molecule has 3 rings (SSSR count). The number of methoxy groups -OCH3 is 1. The van der Waals surface area contributed by atoms with Gasteiger partial charge in [-0.2, -0.15) is 0 Å². The summed E-state index contributed by atoms with van der Waals surface area (Å²) in [5, 5.41) is 12.6. The van der Waals surface area contributed by atoms with Crippen LogP contribution in [0.5, 0.6) is 0 Å². The summed E-state index contributed by atoms with van der Waals surface area (Å²) in [6, 6.07) is 15.1. The fraction of sp³-hybridized carbons (Fsp3) is 0.462. The highest BCUT2D eigenvalue weighted by atomic mass is 32.2. The third-order valence-electron chi connectivity index (χ3n) is 5.97. The Morgan fingerprint density at radius 3 is 2.45 bits per heavy atom. The molecule has 6 nitrogen and oxygen atoms in total. The Hall–Kier alpha value is -2.35. The van der Waals surface area contributed by atoms with E-state index in [1.807, 2.05) is 74.2 Å². The van der Waals surface area contributed by atoms with Gasteiger partial charge in [-0.25, -0.2) is 0 Å². The fourth-order valence-corrected chi connectivity index (χ4v) is 5.74. The first-order chi connectivity index (χ1) is 15.8. The number of hydrogen-bond donors (Lipinski definition) is 2. The number of hydrogen-bond acceptors (Lipinski definition) is 5. The van der Waals surface area contributed by atoms with E-state index in [1.165, 1.54) is 11.8 Å². The summed E-state index contributed by atoms with van der Waals surface area (Å²) in [4.78, 5) is 30.0. The van der Waals surface area contributed by atoms with Crippen LogP contribution in [0.25, 0.3) is 0 Å². The third-order valence-corrected chi connectivity index (χ3v) is 7.40. The third kappa shape index (κ3) is 5.60. The number of amides is 2. The molecule has 1 heterocycles. The fourth-order valence-electron chi connectivity index (χ4n) is 4.33. The molecule has 2 aromatic carbocycles. The normalized spacial score (nSPS) is 20.5. The predicted molar refractivity (Wildman–Crippen MR) is 131 cm³/mol. The Balaban J connectivity index is 2.08. The van der Waals surface area contributed by atoms with Crippen LogP contribution in [0.3, 0.4) is 0 Å². The van der Waals surface area contributed by atoms with Crippen LogP contribution < -0.4 is 5.32 Å². The number of carbonyl (C=O) groups is 2. The predicted octanol–water partition coefficient (Wildman–Crippen LogP) is 3.85. The van der Waals surface area contributed by atoms with E-state index < -0.39 is 10.8 Å². The second-order valence-corrected chi connectivity index (χ2v) is 10.2. The topological polar surface area (TPSA) is 78.9 Å². The average molecular weight is 471 g/mol. The van der Waals surface area contributed by atoms with Crippen molar-refractivity contribution in [1.29, 1.82) is 0 Å². The zero-order chi connectivity index (χ0) is 24.0. The SMILES string of the molecule is COCCCNC(=O)[C@@]1(Sc2ccc(C)cc2)CC(=O)N(C(C)C)[C@@H]1c1ccc(CO)cc1. The minimum atomic E-state index is -1.02. The van der Waals surface area contributed by atoms with Gasteiger partial charge in [-0.15, -0.1) is 11.8 Å². The van der Waals surface area contributed by atoms with E-state index in [0.717, 1.165) is 21.6 Å². The number of ether oxygens (including phenoxy) is 1. The number of rotatable bonds is 10. The Morgan fingerprint density at radius 2 is 1.88 bits per heavy atom. The van der Waals surface area contributed by atoms with Crippen LogP contribution in [-0.2, 0) is 20.9 Å². The molecule has 33 heavy (non-hydrogen) atoms. The first-order valence-electron chi connectivity index (χ1n) is 11.4. The summed E-state index contributed by atoms with van der Waals surface area (Å²) in [6.07, 6.45) is 0.817. The van der Waals surface area contributed by atoms with Crippen molar-refractivity contribution in [1.82, 2.24) is 10.2 Å². The summed E-state index contributed by atoms with van der Waals surface area (Å²) in [5.41, 5.74) is 2.82. The molecule has 0 spiro atoms. The summed E-state index contributed by atoms with van der Waals surface area (Å²) < 4.78 is 4.10. The maximum Gasteiger partial charge on any atom is 0.239 e. The molecule has 178 valence electrons. The van der Waals surface area contributed by atoms with Gasteiger partial charge in [-0.05, 0) is 50.5 Å². The maximum atomic E-state index is 13.8. The lowest BCUT2D eigenvalue weighted by atomic mass is 9.90. The minimum Gasteiger partial charge on any atom is -0.392 e. The van der Waals surface area contributed by atoms with Crippen molar-refractivity contribution in [3.8, 4) is 0 Å². The molecule has 1 aliphatic rings. The monoisotopic (exact) mass is 470 g/mol. The highest BCUT2D eigenvalue weighted by molar-refractivity contribution is 8.01. The molecule has 2 atom stereocenters. The van der Waals surface area contributed by atoms with Crippen molar-refractivity contribution in [3.63, 3.8) is 0 Å². The first-order valence-corrected chi connectivity index (χ1v) is 12.2. The van der Waals surface area contributed by atoms with E-state index in [4.69, 9.17) is 4.74 Å². The summed E-state index contributed by atoms with van der Waals surface area (Å²) in [6.45, 7) is 6.97. The van der Waals surface area contributed by atoms with E-state index in [0.29, 0.717) is 19.6 Å². The lowest BCUT2D eigenvalue weighted by Gasteiger charge is -2.38. The van der Waals surface area contributed by atoms with E-state index in [9.17, 15) is 14.7 Å². The average Bonchev–Trinajstić information content (AvgIpc) is 3.11. The molecular weight excluding hydrogens is 436 g/mol. The highest BCUT2D eigenvalue weighted by Crippen LogP contribution is 2.53. The highest BCUT2D eigenvalue weighted by Gasteiger charge is 2.58. The Kier molecular flexibility index (Phi) is 8.57. The van der Waals surface area contributed by atoms with Gasteiger partial charge < -0.3 is 20.1 Å². The van der Waals surface area contributed by atoms with Crippen LogP contribution in [0.1, 0.15) is 49.4 Å². The van der Waals surface area contributed by atoms with Crippen molar-refractivity contribution in [2.75, 3.05) is 20.3 Å². The molecule has 0 saturated carbocycles. The van der Waals surface area contributed by atoms with Gasteiger partial charge in [0.15, 0.2) is 0 Å². The Bertz CT molecular complexity index is 946. The summed E-state index contributed by atoms with van der Waals surface area (Å²) in [5.74, 6) is -0.176.